The summed E-state index contributed by atoms with van der Waals surface area (Å²) in [4.78, 5) is 13.8. The van der Waals surface area contributed by atoms with Crippen LogP contribution in [0.3, 0.4) is 0 Å². The number of piperidine rings is 1. The summed E-state index contributed by atoms with van der Waals surface area (Å²) >= 11 is 0. The maximum Gasteiger partial charge on any atom is 0.410 e. The third-order valence-corrected chi connectivity index (χ3v) is 2.67. The van der Waals surface area contributed by atoms with Gasteiger partial charge in [0.15, 0.2) is 0 Å². The quantitative estimate of drug-likeness (QED) is 0.753. The second kappa shape index (κ2) is 6.05. The molecule has 4 nitrogen and oxygen atoms in total. The highest BCUT2D eigenvalue weighted by Crippen LogP contribution is 2.21. The van der Waals surface area contributed by atoms with Crippen molar-refractivity contribution in [2.75, 3.05) is 13.1 Å². The predicted molar refractivity (Wildman–Crippen MR) is 68.8 cm³/mol. The summed E-state index contributed by atoms with van der Waals surface area (Å²) in [5.74, 6) is 0. The van der Waals surface area contributed by atoms with Crippen molar-refractivity contribution in [3.05, 3.63) is 12.2 Å². The summed E-state index contributed by atoms with van der Waals surface area (Å²) in [5.41, 5.74) is 5.01. The average Bonchev–Trinajstić information content (AvgIpc) is 2.24. The summed E-state index contributed by atoms with van der Waals surface area (Å²) in [7, 11) is 0. The Bertz CT molecular complexity index is 282. The molecule has 0 saturated carbocycles. The van der Waals surface area contributed by atoms with E-state index in [4.69, 9.17) is 10.5 Å². The van der Waals surface area contributed by atoms with E-state index in [1.165, 1.54) is 0 Å². The molecule has 1 heterocycles. The van der Waals surface area contributed by atoms with E-state index >= 15 is 0 Å². The Kier molecular flexibility index (Phi) is 5.00. The third kappa shape index (κ3) is 4.77. The largest absolute Gasteiger partial charge is 0.444 e. The van der Waals surface area contributed by atoms with Gasteiger partial charge in [0.2, 0.25) is 0 Å². The molecule has 1 amide bonds. The van der Waals surface area contributed by atoms with Crippen LogP contribution < -0.4 is 5.73 Å². The molecule has 1 saturated heterocycles. The van der Waals surface area contributed by atoms with Gasteiger partial charge in [0.25, 0.3) is 0 Å². The van der Waals surface area contributed by atoms with Gasteiger partial charge in [-0.25, -0.2) is 4.79 Å². The molecule has 0 aromatic rings. The second-order valence-corrected chi connectivity index (χ2v) is 5.40. The lowest BCUT2D eigenvalue weighted by Gasteiger charge is -2.35. The first kappa shape index (κ1) is 14.0. The summed E-state index contributed by atoms with van der Waals surface area (Å²) in [6, 6.07) is 0.141. The zero-order valence-corrected chi connectivity index (χ0v) is 11.1. The molecule has 1 unspecified atom stereocenters. The van der Waals surface area contributed by atoms with Crippen molar-refractivity contribution >= 4 is 6.09 Å². The molecule has 17 heavy (non-hydrogen) atoms. The van der Waals surface area contributed by atoms with Gasteiger partial charge in [-0.15, -0.1) is 0 Å². The van der Waals surface area contributed by atoms with E-state index in [0.717, 1.165) is 25.8 Å². The molecule has 0 radical (unpaired) electrons. The van der Waals surface area contributed by atoms with Gasteiger partial charge in [-0.2, -0.15) is 0 Å². The summed E-state index contributed by atoms with van der Waals surface area (Å²) in [6.45, 7) is 6.95. The minimum atomic E-state index is -0.434. The highest BCUT2D eigenvalue weighted by atomic mass is 16.6. The van der Waals surface area contributed by atoms with Crippen molar-refractivity contribution in [3.8, 4) is 0 Å². The Morgan fingerprint density at radius 1 is 1.47 bits per heavy atom. The van der Waals surface area contributed by atoms with Gasteiger partial charge in [-0.05, 0) is 40.0 Å². The van der Waals surface area contributed by atoms with Crippen molar-refractivity contribution in [1.82, 2.24) is 4.90 Å². The van der Waals surface area contributed by atoms with Gasteiger partial charge in [0, 0.05) is 13.1 Å². The topological polar surface area (TPSA) is 55.6 Å². The maximum absolute atomic E-state index is 12.0. The molecule has 1 atom stereocenters. The normalized spacial score (nSPS) is 21.9. The molecule has 0 aliphatic carbocycles. The molecule has 2 N–H and O–H groups in total. The number of hydrogen-bond donors (Lipinski definition) is 1. The van der Waals surface area contributed by atoms with Gasteiger partial charge >= 0.3 is 6.09 Å². The summed E-state index contributed by atoms with van der Waals surface area (Å²) in [5, 5.41) is 0. The number of hydrogen-bond acceptors (Lipinski definition) is 3. The van der Waals surface area contributed by atoms with Crippen molar-refractivity contribution in [2.45, 2.75) is 51.7 Å². The van der Waals surface area contributed by atoms with Crippen LogP contribution in [0.4, 0.5) is 4.79 Å². The molecule has 4 heteroatoms. The van der Waals surface area contributed by atoms with E-state index in [1.807, 2.05) is 32.9 Å². The fourth-order valence-electron chi connectivity index (χ4n) is 1.94. The lowest BCUT2D eigenvalue weighted by atomic mass is 10.0. The Labute approximate surface area is 104 Å². The van der Waals surface area contributed by atoms with E-state index in [9.17, 15) is 4.79 Å². The third-order valence-electron chi connectivity index (χ3n) is 2.67. The van der Waals surface area contributed by atoms with Gasteiger partial charge in [0.1, 0.15) is 5.60 Å². The van der Waals surface area contributed by atoms with Gasteiger partial charge in [0.05, 0.1) is 6.04 Å². The molecule has 0 spiro atoms. The monoisotopic (exact) mass is 240 g/mol. The molecule has 1 aliphatic heterocycles. The number of carbonyl (C=O) groups is 1. The van der Waals surface area contributed by atoms with E-state index in [-0.39, 0.29) is 12.1 Å². The highest BCUT2D eigenvalue weighted by molar-refractivity contribution is 5.69. The minimum absolute atomic E-state index is 0.141. The average molecular weight is 240 g/mol. The Balaban J connectivity index is 2.64. The number of nitrogens with zero attached hydrogens (tertiary/aromatic N) is 1. The van der Waals surface area contributed by atoms with E-state index in [0.29, 0.717) is 6.54 Å². The molecular formula is C13H24N2O2. The highest BCUT2D eigenvalue weighted by Gasteiger charge is 2.28. The minimum Gasteiger partial charge on any atom is -0.444 e. The zero-order chi connectivity index (χ0) is 12.9. The summed E-state index contributed by atoms with van der Waals surface area (Å²) in [6.07, 6.45) is 6.90. The molecule has 98 valence electrons. The Morgan fingerprint density at radius 2 is 2.18 bits per heavy atom. The molecule has 1 fully saturated rings. The van der Waals surface area contributed by atoms with E-state index in [1.54, 1.807) is 4.90 Å². The molecule has 0 aromatic carbocycles. The number of likely N-dealkylation sites (tertiary alicyclic amines) is 1. The fraction of sp³-hybridized carbons (Fsp3) is 0.769. The first-order valence-electron chi connectivity index (χ1n) is 6.30. The van der Waals surface area contributed by atoms with Crippen molar-refractivity contribution in [1.29, 1.82) is 0 Å². The molecule has 0 bridgehead atoms. The van der Waals surface area contributed by atoms with Gasteiger partial charge in [-0.3, -0.25) is 0 Å². The lowest BCUT2D eigenvalue weighted by molar-refractivity contribution is 0.0149. The van der Waals surface area contributed by atoms with Gasteiger partial charge in [-0.1, -0.05) is 12.2 Å². The Hall–Kier alpha value is -1.03. The lowest BCUT2D eigenvalue weighted by Crippen LogP contribution is -2.45. The van der Waals surface area contributed by atoms with Crippen LogP contribution in [0.15, 0.2) is 12.2 Å². The number of ether oxygens (including phenoxy) is 1. The van der Waals surface area contributed by atoms with Crippen molar-refractivity contribution in [3.63, 3.8) is 0 Å². The zero-order valence-electron chi connectivity index (χ0n) is 11.1. The van der Waals surface area contributed by atoms with Crippen LogP contribution in [0.5, 0.6) is 0 Å². The molecule has 1 aliphatic rings. The molecule has 1 rings (SSSR count). The molecule has 0 aromatic heterocycles. The van der Waals surface area contributed by atoms with E-state index in [2.05, 4.69) is 0 Å². The smallest absolute Gasteiger partial charge is 0.410 e. The van der Waals surface area contributed by atoms with Crippen LogP contribution in [0.2, 0.25) is 0 Å². The molecular weight excluding hydrogens is 216 g/mol. The van der Waals surface area contributed by atoms with Crippen molar-refractivity contribution < 1.29 is 9.53 Å². The number of nitrogens with two attached hydrogens (primary N) is 1. The first-order chi connectivity index (χ1) is 7.94. The predicted octanol–water partition coefficient (Wildman–Crippen LogP) is 2.29. The van der Waals surface area contributed by atoms with Crippen LogP contribution in [-0.4, -0.2) is 35.7 Å². The van der Waals surface area contributed by atoms with Crippen molar-refractivity contribution in [2.24, 2.45) is 5.73 Å². The maximum atomic E-state index is 12.0. The van der Waals surface area contributed by atoms with E-state index < -0.39 is 5.60 Å². The van der Waals surface area contributed by atoms with Crippen LogP contribution >= 0.6 is 0 Å². The fourth-order valence-corrected chi connectivity index (χ4v) is 1.94. The summed E-state index contributed by atoms with van der Waals surface area (Å²) < 4.78 is 5.41. The first-order valence-corrected chi connectivity index (χ1v) is 6.30. The van der Waals surface area contributed by atoms with Crippen LogP contribution in [0.25, 0.3) is 0 Å². The number of rotatable bonds is 2. The number of amides is 1. The van der Waals surface area contributed by atoms with Gasteiger partial charge < -0.3 is 15.4 Å². The van der Waals surface area contributed by atoms with Crippen LogP contribution in [0.1, 0.15) is 40.0 Å². The second-order valence-electron chi connectivity index (χ2n) is 5.40. The van der Waals surface area contributed by atoms with Crippen LogP contribution in [-0.2, 0) is 4.74 Å². The standard InChI is InChI=1S/C13H24N2O2/c1-13(2,3)17-12(16)15-10-5-4-7-11(15)8-6-9-14/h6,8,11H,4-5,7,9-10,14H2,1-3H3/b8-6+. The number of carbonyl (C=O) groups excluding carboxylic acids is 1. The Morgan fingerprint density at radius 3 is 2.76 bits per heavy atom. The van der Waals surface area contributed by atoms with Crippen LogP contribution in [0, 0.1) is 0 Å². The SMILES string of the molecule is CC(C)(C)OC(=O)N1CCCCC1/C=C/CN.